The third-order valence-corrected chi connectivity index (χ3v) is 5.25. The first kappa shape index (κ1) is 17.7. The molecule has 3 heterocycles. The first-order valence-corrected chi connectivity index (χ1v) is 9.64. The zero-order valence-corrected chi connectivity index (χ0v) is 15.8. The van der Waals surface area contributed by atoms with Crippen LogP contribution in [0.25, 0.3) is 11.0 Å². The van der Waals surface area contributed by atoms with E-state index in [4.69, 9.17) is 5.73 Å². The van der Waals surface area contributed by atoms with E-state index in [0.717, 1.165) is 37.4 Å². The van der Waals surface area contributed by atoms with Crippen LogP contribution in [0.4, 0.5) is 11.6 Å². The molecule has 1 saturated heterocycles. The molecule has 1 aliphatic rings. The van der Waals surface area contributed by atoms with Gasteiger partial charge in [-0.05, 0) is 24.1 Å². The summed E-state index contributed by atoms with van der Waals surface area (Å²) in [4.78, 5) is 18.2. The Morgan fingerprint density at radius 1 is 1.07 bits per heavy atom. The van der Waals surface area contributed by atoms with Crippen molar-refractivity contribution in [1.29, 1.82) is 0 Å². The lowest BCUT2D eigenvalue weighted by Gasteiger charge is -2.42. The van der Waals surface area contributed by atoms with Crippen LogP contribution in [0.1, 0.15) is 25.3 Å². The van der Waals surface area contributed by atoms with Gasteiger partial charge in [0.05, 0.1) is 5.39 Å². The molecule has 1 unspecified atom stereocenters. The molecule has 0 spiro atoms. The van der Waals surface area contributed by atoms with E-state index in [9.17, 15) is 0 Å². The fourth-order valence-electron chi connectivity index (χ4n) is 3.91. The molecule has 6 nitrogen and oxygen atoms in total. The van der Waals surface area contributed by atoms with Gasteiger partial charge in [-0.25, -0.2) is 15.0 Å². The highest BCUT2D eigenvalue weighted by atomic mass is 15.3. The molecule has 1 aromatic carbocycles. The van der Waals surface area contributed by atoms with Crippen molar-refractivity contribution in [3.8, 4) is 0 Å². The quantitative estimate of drug-likeness (QED) is 0.752. The highest BCUT2D eigenvalue weighted by Crippen LogP contribution is 2.26. The third-order valence-electron chi connectivity index (χ3n) is 5.25. The van der Waals surface area contributed by atoms with Gasteiger partial charge < -0.3 is 10.6 Å². The summed E-state index contributed by atoms with van der Waals surface area (Å²) in [6.45, 7) is 6.20. The molecule has 6 heteroatoms. The molecule has 3 aromatic rings. The molecule has 0 aliphatic carbocycles. The maximum absolute atomic E-state index is 5.81. The number of hydrogen-bond donors (Lipinski definition) is 1. The van der Waals surface area contributed by atoms with Crippen LogP contribution in [0.5, 0.6) is 0 Å². The van der Waals surface area contributed by atoms with Gasteiger partial charge in [0, 0.05) is 32.2 Å². The molecule has 140 valence electrons. The molecule has 2 N–H and O–H groups in total. The van der Waals surface area contributed by atoms with Crippen molar-refractivity contribution in [2.75, 3.05) is 30.3 Å². The van der Waals surface area contributed by atoms with Gasteiger partial charge >= 0.3 is 0 Å². The zero-order valence-electron chi connectivity index (χ0n) is 15.8. The van der Waals surface area contributed by atoms with Crippen molar-refractivity contribution in [2.45, 2.75) is 32.4 Å². The Balaban J connectivity index is 1.57. The number of pyridine rings is 1. The summed E-state index contributed by atoms with van der Waals surface area (Å²) in [5, 5.41) is 0.971. The molecule has 2 aromatic heterocycles. The fourth-order valence-corrected chi connectivity index (χ4v) is 3.91. The van der Waals surface area contributed by atoms with Gasteiger partial charge in [0.15, 0.2) is 5.65 Å². The first-order chi connectivity index (χ1) is 13.2. The summed E-state index contributed by atoms with van der Waals surface area (Å²) < 4.78 is 0. The number of rotatable bonds is 5. The smallest absolute Gasteiger partial charge is 0.166 e. The lowest BCUT2D eigenvalue weighted by molar-refractivity contribution is 0.158. The summed E-state index contributed by atoms with van der Waals surface area (Å²) in [5.41, 5.74) is 7.85. The second-order valence-electron chi connectivity index (χ2n) is 7.15. The molecule has 0 radical (unpaired) electrons. The average Bonchev–Trinajstić information content (AvgIpc) is 2.69. The number of aromatic nitrogens is 3. The summed E-state index contributed by atoms with van der Waals surface area (Å²) >= 11 is 0. The molecule has 4 rings (SSSR count). The van der Waals surface area contributed by atoms with E-state index in [1.165, 1.54) is 18.4 Å². The Hall–Kier alpha value is -2.73. The van der Waals surface area contributed by atoms with E-state index < -0.39 is 0 Å². The van der Waals surface area contributed by atoms with Crippen LogP contribution in [-0.4, -0.2) is 45.5 Å². The Morgan fingerprint density at radius 2 is 1.93 bits per heavy atom. The summed E-state index contributed by atoms with van der Waals surface area (Å²) in [5.74, 6) is 1.46. The highest BCUT2D eigenvalue weighted by Gasteiger charge is 2.28. The second kappa shape index (κ2) is 7.88. The first-order valence-electron chi connectivity index (χ1n) is 9.64. The maximum atomic E-state index is 5.81. The van der Waals surface area contributed by atoms with E-state index in [1.807, 2.05) is 12.1 Å². The SMILES string of the molecule is CCCC1CN(c2ncnc3nc(N)ccc23)CCN1Cc1ccccc1. The van der Waals surface area contributed by atoms with E-state index in [1.54, 1.807) is 6.33 Å². The summed E-state index contributed by atoms with van der Waals surface area (Å²) in [6, 6.07) is 15.1. The van der Waals surface area contributed by atoms with Crippen LogP contribution in [0.15, 0.2) is 48.8 Å². The number of nitrogen functional groups attached to an aromatic ring is 1. The Kier molecular flexibility index (Phi) is 5.16. The largest absolute Gasteiger partial charge is 0.384 e. The summed E-state index contributed by atoms with van der Waals surface area (Å²) in [7, 11) is 0. The average molecular weight is 362 g/mol. The molecule has 1 aliphatic heterocycles. The van der Waals surface area contributed by atoms with E-state index in [2.05, 4.69) is 62.0 Å². The van der Waals surface area contributed by atoms with Crippen molar-refractivity contribution < 1.29 is 0 Å². The Labute approximate surface area is 160 Å². The monoisotopic (exact) mass is 362 g/mol. The van der Waals surface area contributed by atoms with Crippen molar-refractivity contribution >= 4 is 22.7 Å². The number of benzene rings is 1. The lowest BCUT2D eigenvalue weighted by Crippen LogP contribution is -2.53. The molecule has 27 heavy (non-hydrogen) atoms. The number of fused-ring (bicyclic) bond motifs is 1. The van der Waals surface area contributed by atoms with Crippen molar-refractivity contribution in [1.82, 2.24) is 19.9 Å². The van der Waals surface area contributed by atoms with Gasteiger partial charge in [-0.1, -0.05) is 43.7 Å². The molecule has 0 amide bonds. The van der Waals surface area contributed by atoms with Gasteiger partial charge in [0.2, 0.25) is 0 Å². The van der Waals surface area contributed by atoms with Crippen LogP contribution in [0.2, 0.25) is 0 Å². The van der Waals surface area contributed by atoms with Crippen LogP contribution in [-0.2, 0) is 6.54 Å². The predicted octanol–water partition coefficient (Wildman–Crippen LogP) is 3.10. The standard InChI is InChI=1S/C21H26N6/c1-2-6-17-14-27(12-11-26(17)13-16-7-4-3-5-8-16)21-18-9-10-19(22)25-20(18)23-15-24-21/h3-5,7-10,15,17H,2,6,11-14H2,1H3,(H2,22,23,24,25). The summed E-state index contributed by atoms with van der Waals surface area (Å²) in [6.07, 6.45) is 3.94. The van der Waals surface area contributed by atoms with Crippen LogP contribution in [0, 0.1) is 0 Å². The van der Waals surface area contributed by atoms with Gasteiger partial charge in [0.1, 0.15) is 18.0 Å². The van der Waals surface area contributed by atoms with Crippen molar-refractivity contribution in [3.05, 3.63) is 54.4 Å². The van der Waals surface area contributed by atoms with Crippen LogP contribution in [0.3, 0.4) is 0 Å². The second-order valence-corrected chi connectivity index (χ2v) is 7.15. The van der Waals surface area contributed by atoms with Gasteiger partial charge in [-0.15, -0.1) is 0 Å². The third kappa shape index (κ3) is 3.85. The maximum Gasteiger partial charge on any atom is 0.166 e. The van der Waals surface area contributed by atoms with E-state index >= 15 is 0 Å². The molecule has 0 saturated carbocycles. The molecular formula is C21H26N6. The minimum absolute atomic E-state index is 0.490. The fraction of sp³-hybridized carbons (Fsp3) is 0.381. The van der Waals surface area contributed by atoms with Crippen molar-refractivity contribution in [2.24, 2.45) is 0 Å². The van der Waals surface area contributed by atoms with Crippen LogP contribution < -0.4 is 10.6 Å². The number of anilines is 2. The van der Waals surface area contributed by atoms with Crippen molar-refractivity contribution in [3.63, 3.8) is 0 Å². The van der Waals surface area contributed by atoms with Crippen LogP contribution >= 0.6 is 0 Å². The Bertz CT molecular complexity index is 898. The predicted molar refractivity (Wildman–Crippen MR) is 110 cm³/mol. The number of nitrogens with two attached hydrogens (primary N) is 1. The topological polar surface area (TPSA) is 71.2 Å². The van der Waals surface area contributed by atoms with E-state index in [0.29, 0.717) is 17.5 Å². The zero-order chi connectivity index (χ0) is 18.6. The lowest BCUT2D eigenvalue weighted by atomic mass is 10.0. The Morgan fingerprint density at radius 3 is 2.74 bits per heavy atom. The number of piperazine rings is 1. The number of nitrogens with zero attached hydrogens (tertiary/aromatic N) is 5. The molecule has 1 fully saturated rings. The normalized spacial score (nSPS) is 18.1. The van der Waals surface area contributed by atoms with Gasteiger partial charge in [-0.2, -0.15) is 0 Å². The minimum Gasteiger partial charge on any atom is -0.384 e. The molecule has 1 atom stereocenters. The minimum atomic E-state index is 0.490. The molecular weight excluding hydrogens is 336 g/mol. The highest BCUT2D eigenvalue weighted by molar-refractivity contribution is 5.87. The van der Waals surface area contributed by atoms with Gasteiger partial charge in [-0.3, -0.25) is 4.90 Å². The van der Waals surface area contributed by atoms with Gasteiger partial charge in [0.25, 0.3) is 0 Å². The van der Waals surface area contributed by atoms with E-state index in [-0.39, 0.29) is 0 Å². The molecule has 0 bridgehead atoms. The number of hydrogen-bond acceptors (Lipinski definition) is 6.